The molecule has 0 unspecified atom stereocenters. The van der Waals surface area contributed by atoms with Gasteiger partial charge in [0.2, 0.25) is 8.32 Å². The smallest absolute Gasteiger partial charge is 0.318 e. The zero-order chi connectivity index (χ0) is 8.20. The number of aliphatic hydroxyl groups excluding tert-OH is 1. The molecule has 0 aromatic rings. The number of aliphatic hydroxyl groups is 1. The molecule has 10 heavy (non-hydrogen) atoms. The summed E-state index contributed by atoms with van der Waals surface area (Å²) in [7, 11) is -1.77. The van der Waals surface area contributed by atoms with Gasteiger partial charge in [0.1, 0.15) is 6.61 Å². The van der Waals surface area contributed by atoms with Crippen LogP contribution in [0.1, 0.15) is 6.92 Å². The van der Waals surface area contributed by atoms with Crippen LogP contribution in [0.25, 0.3) is 0 Å². The van der Waals surface area contributed by atoms with Crippen LogP contribution < -0.4 is 0 Å². The van der Waals surface area contributed by atoms with E-state index < -0.39 is 20.9 Å². The van der Waals surface area contributed by atoms with Crippen LogP contribution in [0.5, 0.6) is 0 Å². The number of hydrogen-bond donors (Lipinski definition) is 1. The van der Waals surface area contributed by atoms with Gasteiger partial charge in [-0.2, -0.15) is 0 Å². The maximum atomic E-state index is 10.5. The van der Waals surface area contributed by atoms with Gasteiger partial charge in [0.15, 0.2) is 0 Å². The Labute approximate surface area is 62.1 Å². The first kappa shape index (κ1) is 9.65. The molecule has 0 aromatic heterocycles. The normalized spacial score (nSPS) is 11.2. The molecule has 0 aliphatic carbocycles. The lowest BCUT2D eigenvalue weighted by Crippen LogP contribution is -2.33. The van der Waals surface area contributed by atoms with Gasteiger partial charge in [0, 0.05) is 0 Å². The van der Waals surface area contributed by atoms with Crippen molar-refractivity contribution in [2.75, 3.05) is 6.61 Å². The molecule has 0 aromatic carbocycles. The summed E-state index contributed by atoms with van der Waals surface area (Å²) in [4.78, 5) is 10.5. The van der Waals surface area contributed by atoms with E-state index in [4.69, 9.17) is 9.53 Å². The van der Waals surface area contributed by atoms with E-state index >= 15 is 0 Å². The second-order valence-corrected chi connectivity index (χ2v) is 7.18. The van der Waals surface area contributed by atoms with Crippen LogP contribution in [-0.4, -0.2) is 26.0 Å². The first-order valence-electron chi connectivity index (χ1n) is 3.34. The Bertz CT molecular complexity index is 122. The summed E-state index contributed by atoms with van der Waals surface area (Å²) in [5.41, 5.74) is 0. The lowest BCUT2D eigenvalue weighted by molar-refractivity contribution is -0.138. The maximum absolute atomic E-state index is 10.5. The van der Waals surface area contributed by atoms with E-state index in [-0.39, 0.29) is 0 Å². The number of rotatable bonds is 3. The summed E-state index contributed by atoms with van der Waals surface area (Å²) in [6.45, 7) is 5.37. The fraction of sp³-hybridized carbons (Fsp3) is 0.833. The van der Waals surface area contributed by atoms with Crippen molar-refractivity contribution in [3.63, 3.8) is 0 Å². The Morgan fingerprint density at radius 3 is 2.40 bits per heavy atom. The lowest BCUT2D eigenvalue weighted by atomic mass is 10.8. The van der Waals surface area contributed by atoms with Crippen molar-refractivity contribution in [1.29, 1.82) is 0 Å². The summed E-state index contributed by atoms with van der Waals surface area (Å²) in [6.07, 6.45) is 0. The molecule has 0 rings (SSSR count). The van der Waals surface area contributed by atoms with Crippen LogP contribution in [0.15, 0.2) is 0 Å². The summed E-state index contributed by atoms with van der Waals surface area (Å²) < 4.78 is 4.99. The predicted molar refractivity (Wildman–Crippen MR) is 41.1 cm³/mol. The lowest BCUT2D eigenvalue weighted by Gasteiger charge is -2.19. The number of carbonyl (C=O) groups excluding carboxylic acids is 1. The molecule has 0 radical (unpaired) electrons. The number of carbonyl (C=O) groups is 1. The molecule has 0 heterocycles. The molecular weight excluding hydrogens is 148 g/mol. The average Bonchev–Trinajstić information content (AvgIpc) is 1.87. The second kappa shape index (κ2) is 3.73. The van der Waals surface area contributed by atoms with E-state index in [0.717, 1.165) is 6.04 Å². The van der Waals surface area contributed by atoms with Gasteiger partial charge < -0.3 is 9.53 Å². The van der Waals surface area contributed by atoms with Crippen molar-refractivity contribution in [2.24, 2.45) is 0 Å². The molecule has 3 nitrogen and oxygen atoms in total. The predicted octanol–water partition coefficient (Wildman–Crippen LogP) is 0.747. The molecule has 0 amide bonds. The van der Waals surface area contributed by atoms with Crippen LogP contribution in [0.3, 0.4) is 0 Å². The van der Waals surface area contributed by atoms with Gasteiger partial charge in [0.05, 0.1) is 0 Å². The summed E-state index contributed by atoms with van der Waals surface area (Å²) in [6, 6.07) is 0.888. The Morgan fingerprint density at radius 1 is 1.60 bits per heavy atom. The highest BCUT2D eigenvalue weighted by atomic mass is 28.4. The van der Waals surface area contributed by atoms with Gasteiger partial charge in [-0.3, -0.25) is 4.79 Å². The van der Waals surface area contributed by atoms with E-state index in [2.05, 4.69) is 0 Å². The third-order valence-corrected chi connectivity index (χ3v) is 3.85. The van der Waals surface area contributed by atoms with Crippen LogP contribution >= 0.6 is 0 Å². The molecule has 0 saturated carbocycles. The number of hydrogen-bond acceptors (Lipinski definition) is 3. The summed E-state index contributed by atoms with van der Waals surface area (Å²) >= 11 is 0. The van der Waals surface area contributed by atoms with Crippen molar-refractivity contribution in [1.82, 2.24) is 0 Å². The fourth-order valence-electron chi connectivity index (χ4n) is 0.413. The van der Waals surface area contributed by atoms with Crippen molar-refractivity contribution < 1.29 is 14.3 Å². The standard InChI is InChI=1S/C6H14O3Si/c1-4-10(2,3)9-6(8)5-7/h7H,4-5H2,1-3H3. The molecule has 0 spiro atoms. The quantitative estimate of drug-likeness (QED) is 0.623. The Kier molecular flexibility index (Phi) is 3.60. The molecule has 0 bridgehead atoms. The molecule has 0 aliphatic rings. The second-order valence-electron chi connectivity index (χ2n) is 2.75. The summed E-state index contributed by atoms with van der Waals surface area (Å²) in [5.74, 6) is -0.501. The van der Waals surface area contributed by atoms with Crippen molar-refractivity contribution in [3.05, 3.63) is 0 Å². The zero-order valence-corrected chi connectivity index (χ0v) is 7.68. The molecular formula is C6H14O3Si. The molecule has 0 aliphatic heterocycles. The Hall–Kier alpha value is -0.353. The van der Waals surface area contributed by atoms with Gasteiger partial charge in [-0.05, 0) is 19.1 Å². The zero-order valence-electron chi connectivity index (χ0n) is 6.68. The maximum Gasteiger partial charge on any atom is 0.318 e. The van der Waals surface area contributed by atoms with Crippen LogP contribution in [-0.2, 0) is 9.22 Å². The largest absolute Gasteiger partial charge is 0.518 e. The van der Waals surface area contributed by atoms with Gasteiger partial charge in [-0.1, -0.05) is 6.92 Å². The van der Waals surface area contributed by atoms with Crippen molar-refractivity contribution in [2.45, 2.75) is 26.1 Å². The minimum atomic E-state index is -1.77. The fourth-order valence-corrected chi connectivity index (χ4v) is 1.24. The Morgan fingerprint density at radius 2 is 2.10 bits per heavy atom. The minimum Gasteiger partial charge on any atom is -0.518 e. The Balaban J connectivity index is 3.76. The van der Waals surface area contributed by atoms with Gasteiger partial charge in [-0.25, -0.2) is 0 Å². The molecule has 4 heteroatoms. The van der Waals surface area contributed by atoms with Gasteiger partial charge in [-0.15, -0.1) is 0 Å². The van der Waals surface area contributed by atoms with E-state index in [1.807, 2.05) is 20.0 Å². The topological polar surface area (TPSA) is 46.5 Å². The first-order valence-corrected chi connectivity index (χ1v) is 6.46. The SMILES string of the molecule is CC[Si](C)(C)OC(=O)CO. The molecule has 1 N–H and O–H groups in total. The molecule has 0 fully saturated rings. The highest BCUT2D eigenvalue weighted by Crippen LogP contribution is 2.09. The first-order chi connectivity index (χ1) is 4.52. The minimum absolute atomic E-state index is 0.501. The average molecular weight is 162 g/mol. The highest BCUT2D eigenvalue weighted by Gasteiger charge is 2.23. The van der Waals surface area contributed by atoms with E-state index in [9.17, 15) is 4.79 Å². The van der Waals surface area contributed by atoms with Crippen molar-refractivity contribution in [3.8, 4) is 0 Å². The van der Waals surface area contributed by atoms with Crippen LogP contribution in [0, 0.1) is 0 Å². The molecule has 60 valence electrons. The highest BCUT2D eigenvalue weighted by molar-refractivity contribution is 6.72. The van der Waals surface area contributed by atoms with E-state index in [1.54, 1.807) is 0 Å². The van der Waals surface area contributed by atoms with Gasteiger partial charge in [0.25, 0.3) is 0 Å². The molecule has 0 saturated heterocycles. The van der Waals surface area contributed by atoms with Crippen LogP contribution in [0.2, 0.25) is 19.1 Å². The van der Waals surface area contributed by atoms with E-state index in [1.165, 1.54) is 0 Å². The van der Waals surface area contributed by atoms with E-state index in [0.29, 0.717) is 0 Å². The third kappa shape index (κ3) is 3.63. The third-order valence-electron chi connectivity index (χ3n) is 1.37. The monoisotopic (exact) mass is 162 g/mol. The molecule has 0 atom stereocenters. The van der Waals surface area contributed by atoms with Gasteiger partial charge >= 0.3 is 5.97 Å². The van der Waals surface area contributed by atoms with Crippen LogP contribution in [0.4, 0.5) is 0 Å². The summed E-state index contributed by atoms with van der Waals surface area (Å²) in [5, 5.41) is 8.34. The van der Waals surface area contributed by atoms with Crippen molar-refractivity contribution >= 4 is 14.3 Å².